The SMILES string of the molecule is CCNC(=O)NCc1ccc2c(c1)c(-c1cc3cccnc3[nH]1)cn2C. The zero-order valence-corrected chi connectivity index (χ0v) is 14.8. The molecule has 3 N–H and O–H groups in total. The third kappa shape index (κ3) is 2.90. The van der Waals surface area contributed by atoms with E-state index in [4.69, 9.17) is 0 Å². The minimum absolute atomic E-state index is 0.150. The summed E-state index contributed by atoms with van der Waals surface area (Å²) in [6.07, 6.45) is 3.91. The van der Waals surface area contributed by atoms with Crippen molar-refractivity contribution in [2.45, 2.75) is 13.5 Å². The second-order valence-electron chi connectivity index (χ2n) is 6.34. The average molecular weight is 347 g/mol. The van der Waals surface area contributed by atoms with Crippen LogP contribution in [0.1, 0.15) is 12.5 Å². The topological polar surface area (TPSA) is 74.7 Å². The highest BCUT2D eigenvalue weighted by molar-refractivity contribution is 5.98. The van der Waals surface area contributed by atoms with Gasteiger partial charge >= 0.3 is 6.03 Å². The Labute approximate surface area is 151 Å². The number of benzene rings is 1. The van der Waals surface area contributed by atoms with Gasteiger partial charge in [0.25, 0.3) is 0 Å². The second kappa shape index (κ2) is 6.55. The highest BCUT2D eigenvalue weighted by Crippen LogP contribution is 2.32. The predicted octanol–water partition coefficient (Wildman–Crippen LogP) is 3.54. The number of pyridine rings is 1. The fourth-order valence-electron chi connectivity index (χ4n) is 3.27. The fraction of sp³-hybridized carbons (Fsp3) is 0.200. The molecule has 0 aliphatic rings. The van der Waals surface area contributed by atoms with Crippen LogP contribution in [0.2, 0.25) is 0 Å². The number of H-pyrrole nitrogens is 1. The van der Waals surface area contributed by atoms with Crippen molar-refractivity contribution in [3.05, 3.63) is 54.4 Å². The van der Waals surface area contributed by atoms with Crippen LogP contribution in [0.4, 0.5) is 4.79 Å². The molecule has 0 aliphatic heterocycles. The maximum atomic E-state index is 11.6. The van der Waals surface area contributed by atoms with Gasteiger partial charge in [0.05, 0.1) is 0 Å². The number of rotatable bonds is 4. The molecular formula is C20H21N5O. The number of carbonyl (C=O) groups is 1. The first-order valence-corrected chi connectivity index (χ1v) is 8.69. The van der Waals surface area contributed by atoms with Gasteiger partial charge < -0.3 is 20.2 Å². The van der Waals surface area contributed by atoms with Crippen LogP contribution in [0, 0.1) is 0 Å². The van der Waals surface area contributed by atoms with Crippen molar-refractivity contribution in [2.75, 3.05) is 6.54 Å². The van der Waals surface area contributed by atoms with Gasteiger partial charge in [-0.1, -0.05) is 6.07 Å². The molecule has 26 heavy (non-hydrogen) atoms. The lowest BCUT2D eigenvalue weighted by Gasteiger charge is -2.07. The Balaban J connectivity index is 1.72. The molecule has 0 saturated carbocycles. The maximum absolute atomic E-state index is 11.6. The summed E-state index contributed by atoms with van der Waals surface area (Å²) in [5.74, 6) is 0. The molecule has 4 aromatic rings. The molecule has 0 unspecified atom stereocenters. The molecule has 132 valence electrons. The second-order valence-corrected chi connectivity index (χ2v) is 6.34. The van der Waals surface area contributed by atoms with E-state index in [1.165, 1.54) is 0 Å². The van der Waals surface area contributed by atoms with E-state index in [1.54, 1.807) is 6.20 Å². The van der Waals surface area contributed by atoms with Crippen molar-refractivity contribution in [3.8, 4) is 11.3 Å². The van der Waals surface area contributed by atoms with Crippen LogP contribution in [0.3, 0.4) is 0 Å². The summed E-state index contributed by atoms with van der Waals surface area (Å²) in [6, 6.07) is 12.2. The third-order valence-electron chi connectivity index (χ3n) is 4.53. The first kappa shape index (κ1) is 16.2. The molecule has 0 spiro atoms. The van der Waals surface area contributed by atoms with E-state index in [9.17, 15) is 4.79 Å². The van der Waals surface area contributed by atoms with E-state index in [-0.39, 0.29) is 6.03 Å². The number of aromatic amines is 1. The number of aryl methyl sites for hydroxylation is 1. The van der Waals surface area contributed by atoms with Gasteiger partial charge in [0.15, 0.2) is 0 Å². The van der Waals surface area contributed by atoms with Gasteiger partial charge in [0.2, 0.25) is 0 Å². The molecule has 0 atom stereocenters. The van der Waals surface area contributed by atoms with E-state index >= 15 is 0 Å². The molecular weight excluding hydrogens is 326 g/mol. The number of carbonyl (C=O) groups excluding carboxylic acids is 1. The Morgan fingerprint density at radius 3 is 2.92 bits per heavy atom. The number of nitrogens with one attached hydrogen (secondary N) is 3. The van der Waals surface area contributed by atoms with E-state index in [0.29, 0.717) is 13.1 Å². The average Bonchev–Trinajstić information content (AvgIpc) is 3.21. The van der Waals surface area contributed by atoms with E-state index < -0.39 is 0 Å². The van der Waals surface area contributed by atoms with Crippen LogP contribution in [-0.4, -0.2) is 27.1 Å². The van der Waals surface area contributed by atoms with Gasteiger partial charge in [0.1, 0.15) is 5.65 Å². The Kier molecular flexibility index (Phi) is 4.08. The number of aromatic nitrogens is 3. The van der Waals surface area contributed by atoms with Gasteiger partial charge in [-0.25, -0.2) is 9.78 Å². The van der Waals surface area contributed by atoms with E-state index in [1.807, 2.05) is 26.1 Å². The Morgan fingerprint density at radius 1 is 1.23 bits per heavy atom. The minimum Gasteiger partial charge on any atom is -0.350 e. The van der Waals surface area contributed by atoms with Gasteiger partial charge in [-0.05, 0) is 42.8 Å². The first-order chi connectivity index (χ1) is 12.7. The zero-order valence-electron chi connectivity index (χ0n) is 14.8. The molecule has 3 aromatic heterocycles. The lowest BCUT2D eigenvalue weighted by molar-refractivity contribution is 0.241. The Hall–Kier alpha value is -3.28. The van der Waals surface area contributed by atoms with E-state index in [2.05, 4.69) is 55.6 Å². The minimum atomic E-state index is -0.150. The molecule has 0 saturated heterocycles. The molecule has 6 heteroatoms. The normalized spacial score (nSPS) is 11.2. The van der Waals surface area contributed by atoms with E-state index in [0.717, 1.165) is 38.8 Å². The first-order valence-electron chi connectivity index (χ1n) is 8.69. The number of nitrogens with zero attached hydrogens (tertiary/aromatic N) is 2. The Bertz CT molecular complexity index is 1060. The maximum Gasteiger partial charge on any atom is 0.315 e. The lowest BCUT2D eigenvalue weighted by atomic mass is 10.1. The summed E-state index contributed by atoms with van der Waals surface area (Å²) in [5, 5.41) is 7.86. The summed E-state index contributed by atoms with van der Waals surface area (Å²) in [5.41, 5.74) is 5.26. The highest BCUT2D eigenvalue weighted by atomic mass is 16.2. The summed E-state index contributed by atoms with van der Waals surface area (Å²) in [6.45, 7) is 3.00. The zero-order chi connectivity index (χ0) is 18.1. The summed E-state index contributed by atoms with van der Waals surface area (Å²) in [7, 11) is 2.04. The van der Waals surface area contributed by atoms with Gasteiger partial charge in [-0.15, -0.1) is 0 Å². The van der Waals surface area contributed by atoms with Crippen LogP contribution < -0.4 is 10.6 Å². The molecule has 1 aromatic carbocycles. The molecule has 0 fully saturated rings. The number of hydrogen-bond acceptors (Lipinski definition) is 2. The van der Waals surface area contributed by atoms with Crippen molar-refractivity contribution < 1.29 is 4.79 Å². The van der Waals surface area contributed by atoms with Crippen molar-refractivity contribution in [1.82, 2.24) is 25.2 Å². The van der Waals surface area contributed by atoms with Crippen LogP contribution in [0.25, 0.3) is 33.2 Å². The van der Waals surface area contributed by atoms with Crippen LogP contribution in [-0.2, 0) is 13.6 Å². The molecule has 0 aliphatic carbocycles. The number of amides is 2. The van der Waals surface area contributed by atoms with Crippen molar-refractivity contribution >= 4 is 28.0 Å². The Morgan fingerprint density at radius 2 is 2.12 bits per heavy atom. The third-order valence-corrected chi connectivity index (χ3v) is 4.53. The smallest absolute Gasteiger partial charge is 0.315 e. The quantitative estimate of drug-likeness (QED) is 0.528. The highest BCUT2D eigenvalue weighted by Gasteiger charge is 2.12. The number of hydrogen-bond donors (Lipinski definition) is 3. The summed E-state index contributed by atoms with van der Waals surface area (Å²) in [4.78, 5) is 19.4. The standard InChI is InChI=1S/C20H21N5O/c1-3-21-20(26)23-11-13-6-7-18-15(9-13)16(12-25(18)2)17-10-14-5-4-8-22-19(14)24-17/h4-10,12H,3,11H2,1-2H3,(H,22,24)(H2,21,23,26). The van der Waals surface area contributed by atoms with Gasteiger partial charge in [-0.3, -0.25) is 0 Å². The monoisotopic (exact) mass is 347 g/mol. The van der Waals surface area contributed by atoms with Crippen LogP contribution in [0.5, 0.6) is 0 Å². The van der Waals surface area contributed by atoms with Gasteiger partial charge in [-0.2, -0.15) is 0 Å². The summed E-state index contributed by atoms with van der Waals surface area (Å²) >= 11 is 0. The number of fused-ring (bicyclic) bond motifs is 2. The predicted molar refractivity (Wildman–Crippen MR) is 104 cm³/mol. The van der Waals surface area contributed by atoms with Crippen molar-refractivity contribution in [2.24, 2.45) is 7.05 Å². The molecule has 3 heterocycles. The fourth-order valence-corrected chi connectivity index (χ4v) is 3.27. The lowest BCUT2D eigenvalue weighted by Crippen LogP contribution is -2.34. The van der Waals surface area contributed by atoms with Crippen LogP contribution in [0.15, 0.2) is 48.8 Å². The molecule has 0 bridgehead atoms. The van der Waals surface area contributed by atoms with Crippen LogP contribution >= 0.6 is 0 Å². The molecule has 2 amide bonds. The molecule has 0 radical (unpaired) electrons. The van der Waals surface area contributed by atoms with Crippen molar-refractivity contribution in [1.29, 1.82) is 0 Å². The molecule has 6 nitrogen and oxygen atoms in total. The largest absolute Gasteiger partial charge is 0.350 e. The molecule has 4 rings (SSSR count). The summed E-state index contributed by atoms with van der Waals surface area (Å²) < 4.78 is 2.12. The van der Waals surface area contributed by atoms with Crippen molar-refractivity contribution in [3.63, 3.8) is 0 Å². The number of urea groups is 1. The van der Waals surface area contributed by atoms with Gasteiger partial charge in [0, 0.05) is 60.1 Å².